The van der Waals surface area contributed by atoms with Crippen LogP contribution in [0, 0.1) is 11.8 Å². The number of ether oxygens (including phenoxy) is 8. The van der Waals surface area contributed by atoms with Crippen LogP contribution in [0.5, 0.6) is 5.75 Å². The molecule has 0 fully saturated rings. The van der Waals surface area contributed by atoms with Gasteiger partial charge in [-0.2, -0.15) is 0 Å². The zero-order valence-electron chi connectivity index (χ0n) is 20.0. The summed E-state index contributed by atoms with van der Waals surface area (Å²) in [6.07, 6.45) is 0. The topological polar surface area (TPSA) is 111 Å². The van der Waals surface area contributed by atoms with Gasteiger partial charge < -0.3 is 43.0 Å². The molecule has 0 unspecified atom stereocenters. The van der Waals surface area contributed by atoms with Gasteiger partial charge >= 0.3 is 5.97 Å². The van der Waals surface area contributed by atoms with Crippen molar-refractivity contribution in [3.8, 4) is 17.6 Å². The number of rotatable bonds is 20. The Balaban J connectivity index is 2.04. The Morgan fingerprint density at radius 2 is 1.26 bits per heavy atom. The summed E-state index contributed by atoms with van der Waals surface area (Å²) in [7, 11) is 2.94. The summed E-state index contributed by atoms with van der Waals surface area (Å²) >= 11 is 0. The molecule has 0 heterocycles. The lowest BCUT2D eigenvalue weighted by atomic mass is 10.1. The first-order chi connectivity index (χ1) is 16.7. The van der Waals surface area contributed by atoms with E-state index in [1.807, 2.05) is 0 Å². The highest BCUT2D eigenvalue weighted by Crippen LogP contribution is 2.20. The second-order valence-corrected chi connectivity index (χ2v) is 6.57. The van der Waals surface area contributed by atoms with Crippen molar-refractivity contribution in [2.75, 3.05) is 100 Å². The van der Waals surface area contributed by atoms with E-state index in [9.17, 15) is 4.79 Å². The van der Waals surface area contributed by atoms with Crippen molar-refractivity contribution in [1.82, 2.24) is 0 Å². The van der Waals surface area contributed by atoms with Gasteiger partial charge in [0.05, 0.1) is 90.9 Å². The van der Waals surface area contributed by atoms with Gasteiger partial charge in [-0.25, -0.2) is 4.79 Å². The van der Waals surface area contributed by atoms with Crippen LogP contribution in [0.15, 0.2) is 18.2 Å². The second-order valence-electron chi connectivity index (χ2n) is 6.57. The van der Waals surface area contributed by atoms with E-state index in [-0.39, 0.29) is 13.2 Å². The fraction of sp³-hybridized carbons (Fsp3) is 0.625. The first-order valence-electron chi connectivity index (χ1n) is 11.1. The van der Waals surface area contributed by atoms with Crippen molar-refractivity contribution < 1.29 is 47.8 Å². The van der Waals surface area contributed by atoms with Crippen LogP contribution >= 0.6 is 0 Å². The standard InChI is InChI=1S/C24H36O10/c1-27-8-9-29-10-11-30-12-13-31-14-15-32-16-17-33-18-19-34-23-20-22(24(26)28-2)6-5-21(23)4-3-7-25/h5-6,20,25H,7-19H2,1-2H3. The average Bonchev–Trinajstić information content (AvgIpc) is 2.86. The summed E-state index contributed by atoms with van der Waals surface area (Å²) in [6, 6.07) is 4.79. The first-order valence-corrected chi connectivity index (χ1v) is 11.1. The van der Waals surface area contributed by atoms with E-state index >= 15 is 0 Å². The monoisotopic (exact) mass is 484 g/mol. The third-order valence-electron chi connectivity index (χ3n) is 4.11. The highest BCUT2D eigenvalue weighted by molar-refractivity contribution is 5.90. The lowest BCUT2D eigenvalue weighted by Gasteiger charge is -2.11. The number of aliphatic hydroxyl groups excluding tert-OH is 1. The molecule has 0 saturated heterocycles. The van der Waals surface area contributed by atoms with E-state index in [2.05, 4.69) is 11.8 Å². The lowest BCUT2D eigenvalue weighted by molar-refractivity contribution is -0.0159. The molecule has 10 nitrogen and oxygen atoms in total. The van der Waals surface area contributed by atoms with Gasteiger partial charge in [-0.15, -0.1) is 0 Å². The Bertz CT molecular complexity index is 713. The number of carbonyl (C=O) groups excluding carboxylic acids is 1. The maximum absolute atomic E-state index is 11.7. The third kappa shape index (κ3) is 14.8. The molecule has 0 amide bonds. The second kappa shape index (κ2) is 21.3. The molecule has 1 rings (SSSR count). The fourth-order valence-electron chi connectivity index (χ4n) is 2.46. The zero-order valence-corrected chi connectivity index (χ0v) is 20.0. The quantitative estimate of drug-likeness (QED) is 0.163. The third-order valence-corrected chi connectivity index (χ3v) is 4.11. The molecule has 0 spiro atoms. The number of aliphatic hydroxyl groups is 1. The molecule has 0 aromatic heterocycles. The van der Waals surface area contributed by atoms with Gasteiger partial charge in [-0.05, 0) is 18.2 Å². The molecule has 0 radical (unpaired) electrons. The van der Waals surface area contributed by atoms with Gasteiger partial charge in [0.15, 0.2) is 0 Å². The van der Waals surface area contributed by atoms with Gasteiger partial charge in [0.2, 0.25) is 0 Å². The minimum absolute atomic E-state index is 0.263. The Hall–Kier alpha value is -2.23. The Morgan fingerprint density at radius 3 is 1.74 bits per heavy atom. The van der Waals surface area contributed by atoms with Crippen molar-refractivity contribution in [3.05, 3.63) is 29.3 Å². The summed E-state index contributed by atoms with van der Waals surface area (Å²) < 4.78 is 42.3. The van der Waals surface area contributed by atoms with Gasteiger partial charge in [0.1, 0.15) is 19.0 Å². The number of esters is 1. The van der Waals surface area contributed by atoms with Crippen LogP contribution in [-0.4, -0.2) is 111 Å². The van der Waals surface area contributed by atoms with Crippen molar-refractivity contribution in [1.29, 1.82) is 0 Å². The van der Waals surface area contributed by atoms with E-state index in [1.54, 1.807) is 25.3 Å². The molecule has 10 heteroatoms. The summed E-state index contributed by atoms with van der Waals surface area (Å²) in [5.41, 5.74) is 0.910. The largest absolute Gasteiger partial charge is 0.490 e. The van der Waals surface area contributed by atoms with Crippen molar-refractivity contribution in [2.45, 2.75) is 0 Å². The number of hydrogen-bond acceptors (Lipinski definition) is 10. The van der Waals surface area contributed by atoms with E-state index in [0.29, 0.717) is 89.6 Å². The number of methoxy groups -OCH3 is 2. The molecule has 1 aromatic carbocycles. The molecular formula is C24H36O10. The van der Waals surface area contributed by atoms with Gasteiger partial charge in [0.25, 0.3) is 0 Å². The van der Waals surface area contributed by atoms with Gasteiger partial charge in [-0.3, -0.25) is 0 Å². The smallest absolute Gasteiger partial charge is 0.337 e. The minimum Gasteiger partial charge on any atom is -0.490 e. The maximum atomic E-state index is 11.7. The summed E-state index contributed by atoms with van der Waals surface area (Å²) in [5, 5.41) is 8.90. The SMILES string of the molecule is COCCOCCOCCOCCOCCOCCOc1cc(C(=O)OC)ccc1C#CCO. The molecule has 34 heavy (non-hydrogen) atoms. The fourth-order valence-corrected chi connectivity index (χ4v) is 2.46. The minimum atomic E-state index is -0.472. The normalized spacial score (nSPS) is 10.6. The molecule has 192 valence electrons. The Kier molecular flexibility index (Phi) is 18.7. The van der Waals surface area contributed by atoms with E-state index in [4.69, 9.17) is 43.0 Å². The zero-order chi connectivity index (χ0) is 24.7. The predicted molar refractivity (Wildman–Crippen MR) is 123 cm³/mol. The molecule has 0 aliphatic carbocycles. The molecule has 1 aromatic rings. The van der Waals surface area contributed by atoms with Crippen LogP contribution in [0.3, 0.4) is 0 Å². The molecule has 0 aliphatic heterocycles. The van der Waals surface area contributed by atoms with Crippen LogP contribution in [0.25, 0.3) is 0 Å². The van der Waals surface area contributed by atoms with Gasteiger partial charge in [0, 0.05) is 7.11 Å². The Labute approximate surface area is 201 Å². The number of hydrogen-bond donors (Lipinski definition) is 1. The average molecular weight is 485 g/mol. The highest BCUT2D eigenvalue weighted by atomic mass is 16.6. The van der Waals surface area contributed by atoms with Crippen LogP contribution < -0.4 is 4.74 Å². The Morgan fingerprint density at radius 1 is 0.765 bits per heavy atom. The van der Waals surface area contributed by atoms with Crippen LogP contribution in [-0.2, 0) is 33.2 Å². The van der Waals surface area contributed by atoms with Crippen molar-refractivity contribution >= 4 is 5.97 Å². The molecule has 0 saturated carbocycles. The van der Waals surface area contributed by atoms with Crippen LogP contribution in [0.1, 0.15) is 15.9 Å². The lowest BCUT2D eigenvalue weighted by Crippen LogP contribution is -2.15. The highest BCUT2D eigenvalue weighted by Gasteiger charge is 2.10. The maximum Gasteiger partial charge on any atom is 0.337 e. The van der Waals surface area contributed by atoms with E-state index in [0.717, 1.165) is 0 Å². The molecule has 1 N–H and O–H groups in total. The summed E-state index contributed by atoms with van der Waals surface area (Å²) in [4.78, 5) is 11.7. The summed E-state index contributed by atoms with van der Waals surface area (Å²) in [5.74, 6) is 5.30. The van der Waals surface area contributed by atoms with Crippen LogP contribution in [0.4, 0.5) is 0 Å². The van der Waals surface area contributed by atoms with E-state index in [1.165, 1.54) is 7.11 Å². The van der Waals surface area contributed by atoms with Crippen molar-refractivity contribution in [3.63, 3.8) is 0 Å². The van der Waals surface area contributed by atoms with Crippen molar-refractivity contribution in [2.24, 2.45) is 0 Å². The summed E-state index contributed by atoms with van der Waals surface area (Å²) in [6.45, 7) is 5.33. The van der Waals surface area contributed by atoms with Gasteiger partial charge in [-0.1, -0.05) is 11.8 Å². The molecular weight excluding hydrogens is 448 g/mol. The molecule has 0 bridgehead atoms. The number of benzene rings is 1. The first kappa shape index (κ1) is 29.8. The predicted octanol–water partition coefficient (Wildman–Crippen LogP) is 0.925. The van der Waals surface area contributed by atoms with Crippen LogP contribution in [0.2, 0.25) is 0 Å². The number of carbonyl (C=O) groups is 1. The molecule has 0 aliphatic rings. The molecule has 0 atom stereocenters. The van der Waals surface area contributed by atoms with E-state index < -0.39 is 5.97 Å².